The van der Waals surface area contributed by atoms with Crippen LogP contribution in [0.5, 0.6) is 11.5 Å². The lowest BCUT2D eigenvalue weighted by atomic mass is 10.0. The van der Waals surface area contributed by atoms with Crippen molar-refractivity contribution in [2.45, 2.75) is 26.4 Å². The Morgan fingerprint density at radius 2 is 2.18 bits per heavy atom. The summed E-state index contributed by atoms with van der Waals surface area (Å²) in [5, 5.41) is 6.89. The number of amides is 1. The van der Waals surface area contributed by atoms with Crippen molar-refractivity contribution in [2.24, 2.45) is 11.1 Å². The molecule has 0 unspecified atom stereocenters. The van der Waals surface area contributed by atoms with Crippen LogP contribution in [0.25, 0.3) is 0 Å². The third kappa shape index (κ3) is 3.69. The molecule has 1 amide bonds. The fourth-order valence-corrected chi connectivity index (χ4v) is 2.14. The summed E-state index contributed by atoms with van der Waals surface area (Å²) in [6.07, 6.45) is -0.183. The Morgan fingerprint density at radius 1 is 1.41 bits per heavy atom. The number of ether oxygens (including phenoxy) is 2. The molecule has 1 aliphatic heterocycles. The van der Waals surface area contributed by atoms with E-state index in [4.69, 9.17) is 14.3 Å². The molecule has 6 nitrogen and oxygen atoms in total. The summed E-state index contributed by atoms with van der Waals surface area (Å²) in [6.45, 7) is 4.70. The normalized spacial score (nSPS) is 17.0. The molecule has 1 atom stereocenters. The lowest BCUT2D eigenvalue weighted by Crippen LogP contribution is -2.36. The number of oxime groups is 1. The lowest BCUT2D eigenvalue weighted by molar-refractivity contribution is -0.131. The molecule has 0 saturated heterocycles. The number of carbonyl (C=O) groups is 1. The van der Waals surface area contributed by atoms with E-state index in [0.29, 0.717) is 36.1 Å². The quantitative estimate of drug-likeness (QED) is 0.872. The lowest BCUT2D eigenvalue weighted by Gasteiger charge is -2.11. The number of nitrogens with zero attached hydrogens (tertiary/aromatic N) is 1. The monoisotopic (exact) mass is 306 g/mol. The summed E-state index contributed by atoms with van der Waals surface area (Å²) in [4.78, 5) is 17.3. The minimum absolute atomic E-state index is 0.144. The van der Waals surface area contributed by atoms with E-state index in [1.165, 1.54) is 0 Å². The van der Waals surface area contributed by atoms with Crippen molar-refractivity contribution in [3.05, 3.63) is 23.8 Å². The van der Waals surface area contributed by atoms with Gasteiger partial charge in [0, 0.05) is 18.5 Å². The van der Waals surface area contributed by atoms with Crippen LogP contribution in [-0.2, 0) is 9.63 Å². The molecule has 0 bridgehead atoms. The summed E-state index contributed by atoms with van der Waals surface area (Å²) in [6, 6.07) is 5.45. The highest BCUT2D eigenvalue weighted by Gasteiger charge is 2.30. The van der Waals surface area contributed by atoms with Gasteiger partial charge in [0.1, 0.15) is 11.5 Å². The van der Waals surface area contributed by atoms with Crippen molar-refractivity contribution < 1.29 is 19.1 Å². The van der Waals surface area contributed by atoms with E-state index in [1.807, 2.05) is 32.0 Å². The first-order valence-corrected chi connectivity index (χ1v) is 7.28. The van der Waals surface area contributed by atoms with E-state index >= 15 is 0 Å². The van der Waals surface area contributed by atoms with Crippen molar-refractivity contribution in [3.63, 3.8) is 0 Å². The van der Waals surface area contributed by atoms with Crippen LogP contribution >= 0.6 is 0 Å². The maximum Gasteiger partial charge on any atom is 0.264 e. The van der Waals surface area contributed by atoms with Gasteiger partial charge in [0.15, 0.2) is 0 Å². The molecule has 0 saturated carbocycles. The van der Waals surface area contributed by atoms with Gasteiger partial charge < -0.3 is 19.6 Å². The molecule has 22 heavy (non-hydrogen) atoms. The SMILES string of the molecule is COc1ccc(OC)c(C2=NO[C@H](C(=O)NCC(C)C)C2)c1. The molecule has 2 rings (SSSR count). The van der Waals surface area contributed by atoms with Crippen LogP contribution in [0.3, 0.4) is 0 Å². The Labute approximate surface area is 130 Å². The van der Waals surface area contributed by atoms with Crippen molar-refractivity contribution in [3.8, 4) is 11.5 Å². The number of benzene rings is 1. The summed E-state index contributed by atoms with van der Waals surface area (Å²) in [7, 11) is 3.19. The van der Waals surface area contributed by atoms with E-state index in [9.17, 15) is 4.79 Å². The van der Waals surface area contributed by atoms with Crippen LogP contribution in [-0.4, -0.2) is 38.5 Å². The van der Waals surface area contributed by atoms with E-state index in [0.717, 1.165) is 5.56 Å². The van der Waals surface area contributed by atoms with Crippen LogP contribution in [0, 0.1) is 5.92 Å². The first kappa shape index (κ1) is 16.1. The summed E-state index contributed by atoms with van der Waals surface area (Å²) < 4.78 is 10.6. The first-order chi connectivity index (χ1) is 10.5. The van der Waals surface area contributed by atoms with E-state index in [2.05, 4.69) is 10.5 Å². The molecule has 1 heterocycles. The highest BCUT2D eigenvalue weighted by Crippen LogP contribution is 2.28. The van der Waals surface area contributed by atoms with Gasteiger partial charge >= 0.3 is 0 Å². The molecule has 0 aliphatic carbocycles. The molecule has 1 aromatic carbocycles. The molecular weight excluding hydrogens is 284 g/mol. The second-order valence-electron chi connectivity index (χ2n) is 5.54. The predicted octanol–water partition coefficient (Wildman–Crippen LogP) is 1.97. The number of hydrogen-bond donors (Lipinski definition) is 1. The van der Waals surface area contributed by atoms with Gasteiger partial charge in [-0.15, -0.1) is 0 Å². The third-order valence-corrected chi connectivity index (χ3v) is 3.36. The fraction of sp³-hybridized carbons (Fsp3) is 0.500. The van der Waals surface area contributed by atoms with Crippen molar-refractivity contribution in [1.82, 2.24) is 5.32 Å². The van der Waals surface area contributed by atoms with Crippen molar-refractivity contribution in [1.29, 1.82) is 0 Å². The van der Waals surface area contributed by atoms with Crippen LogP contribution in [0.2, 0.25) is 0 Å². The van der Waals surface area contributed by atoms with Gasteiger partial charge in [0.25, 0.3) is 5.91 Å². The van der Waals surface area contributed by atoms with Crippen LogP contribution in [0.1, 0.15) is 25.8 Å². The highest BCUT2D eigenvalue weighted by molar-refractivity contribution is 6.06. The molecule has 0 spiro atoms. The first-order valence-electron chi connectivity index (χ1n) is 7.28. The zero-order chi connectivity index (χ0) is 16.1. The molecule has 0 aromatic heterocycles. The van der Waals surface area contributed by atoms with E-state index < -0.39 is 6.10 Å². The largest absolute Gasteiger partial charge is 0.497 e. The molecule has 0 radical (unpaired) electrons. The number of methoxy groups -OCH3 is 2. The molecule has 0 fully saturated rings. The zero-order valence-electron chi connectivity index (χ0n) is 13.4. The molecule has 6 heteroatoms. The average molecular weight is 306 g/mol. The van der Waals surface area contributed by atoms with Gasteiger partial charge in [-0.1, -0.05) is 19.0 Å². The summed E-state index contributed by atoms with van der Waals surface area (Å²) in [5.41, 5.74) is 1.46. The van der Waals surface area contributed by atoms with Gasteiger partial charge in [-0.25, -0.2) is 0 Å². The van der Waals surface area contributed by atoms with Gasteiger partial charge in [-0.3, -0.25) is 4.79 Å². The minimum atomic E-state index is -0.593. The topological polar surface area (TPSA) is 69.1 Å². The van der Waals surface area contributed by atoms with Crippen LogP contribution in [0.4, 0.5) is 0 Å². The Kier molecular flexibility index (Phi) is 5.25. The smallest absolute Gasteiger partial charge is 0.264 e. The Balaban J connectivity index is 2.08. The summed E-state index contributed by atoms with van der Waals surface area (Å²) >= 11 is 0. The Hall–Kier alpha value is -2.24. The van der Waals surface area contributed by atoms with E-state index in [-0.39, 0.29) is 5.91 Å². The standard InChI is InChI=1S/C16H22N2O4/c1-10(2)9-17-16(19)15-8-13(18-22-15)12-7-11(20-3)5-6-14(12)21-4/h5-7,10,15H,8-9H2,1-4H3,(H,17,19)/t15-/m0/s1. The Bertz CT molecular complexity index is 569. The minimum Gasteiger partial charge on any atom is -0.497 e. The maximum absolute atomic E-state index is 12.0. The van der Waals surface area contributed by atoms with Gasteiger partial charge in [-0.2, -0.15) is 0 Å². The van der Waals surface area contributed by atoms with Gasteiger partial charge in [-0.05, 0) is 24.1 Å². The van der Waals surface area contributed by atoms with Crippen molar-refractivity contribution in [2.75, 3.05) is 20.8 Å². The van der Waals surface area contributed by atoms with Crippen molar-refractivity contribution >= 4 is 11.6 Å². The third-order valence-electron chi connectivity index (χ3n) is 3.36. The maximum atomic E-state index is 12.0. The Morgan fingerprint density at radius 3 is 2.82 bits per heavy atom. The second-order valence-corrected chi connectivity index (χ2v) is 5.54. The number of nitrogens with one attached hydrogen (secondary N) is 1. The van der Waals surface area contributed by atoms with Crippen LogP contribution in [0.15, 0.2) is 23.4 Å². The number of carbonyl (C=O) groups excluding carboxylic acids is 1. The van der Waals surface area contributed by atoms with Crippen LogP contribution < -0.4 is 14.8 Å². The molecule has 120 valence electrons. The fourth-order valence-electron chi connectivity index (χ4n) is 2.14. The molecule has 1 N–H and O–H groups in total. The predicted molar refractivity (Wildman–Crippen MR) is 83.4 cm³/mol. The molecule has 1 aromatic rings. The average Bonchev–Trinajstić information content (AvgIpc) is 3.01. The number of rotatable bonds is 6. The second kappa shape index (κ2) is 7.15. The zero-order valence-corrected chi connectivity index (χ0v) is 13.4. The van der Waals surface area contributed by atoms with Gasteiger partial charge in [0.2, 0.25) is 6.10 Å². The molecule has 1 aliphatic rings. The highest BCUT2D eigenvalue weighted by atomic mass is 16.6. The summed E-state index contributed by atoms with van der Waals surface area (Å²) in [5.74, 6) is 1.62. The number of hydrogen-bond acceptors (Lipinski definition) is 5. The van der Waals surface area contributed by atoms with Gasteiger partial charge in [0.05, 0.1) is 19.9 Å². The van der Waals surface area contributed by atoms with E-state index in [1.54, 1.807) is 14.2 Å². The molecular formula is C16H22N2O4.